The maximum Gasteiger partial charge on any atom is 0.189 e. The van der Waals surface area contributed by atoms with Crippen molar-refractivity contribution < 1.29 is 9.50 Å². The summed E-state index contributed by atoms with van der Waals surface area (Å²) in [5.74, 6) is 0.0948. The first-order valence-corrected chi connectivity index (χ1v) is 8.40. The van der Waals surface area contributed by atoms with Gasteiger partial charge in [0.05, 0.1) is 36.1 Å². The summed E-state index contributed by atoms with van der Waals surface area (Å²) < 4.78 is 15.7. The predicted molar refractivity (Wildman–Crippen MR) is 83.2 cm³/mol. The number of aromatic nitrogens is 2. The van der Waals surface area contributed by atoms with E-state index in [1.165, 1.54) is 19.3 Å². The molecule has 2 atom stereocenters. The van der Waals surface area contributed by atoms with Gasteiger partial charge in [-0.25, -0.2) is 9.98 Å². The highest BCUT2D eigenvalue weighted by atomic mass is 19.1. The number of nitrogens with zero attached hydrogens (tertiary/aromatic N) is 3. The first-order chi connectivity index (χ1) is 10.7. The SMILES string of the molecule is OC(CC1C2=C(CCC(F)=N2)c2cncn21)C1CCCCC1. The summed E-state index contributed by atoms with van der Waals surface area (Å²) >= 11 is 0. The zero-order valence-corrected chi connectivity index (χ0v) is 12.7. The number of rotatable bonds is 3. The quantitative estimate of drug-likeness (QED) is 0.926. The van der Waals surface area contributed by atoms with E-state index in [-0.39, 0.29) is 18.1 Å². The second-order valence-corrected chi connectivity index (χ2v) is 6.75. The number of aliphatic hydroxyl groups is 1. The molecular weight excluding hydrogens is 281 g/mol. The Bertz CT molecular complexity index is 628. The lowest BCUT2D eigenvalue weighted by Gasteiger charge is -2.29. The van der Waals surface area contributed by atoms with Gasteiger partial charge in [0, 0.05) is 18.4 Å². The molecule has 2 aliphatic heterocycles. The Labute approximate surface area is 129 Å². The number of aliphatic hydroxyl groups excluding tert-OH is 1. The minimum atomic E-state index is -0.340. The van der Waals surface area contributed by atoms with Gasteiger partial charge in [-0.05, 0) is 25.2 Å². The molecule has 0 bridgehead atoms. The Morgan fingerprint density at radius 1 is 1.27 bits per heavy atom. The number of hydrogen-bond acceptors (Lipinski definition) is 3. The third-order valence-electron chi connectivity index (χ3n) is 5.42. The minimum absolute atomic E-state index is 0.0597. The van der Waals surface area contributed by atoms with Crippen molar-refractivity contribution >= 4 is 11.5 Å². The maximum absolute atomic E-state index is 13.6. The van der Waals surface area contributed by atoms with Crippen LogP contribution in [0.15, 0.2) is 23.2 Å². The van der Waals surface area contributed by atoms with Crippen LogP contribution in [0.5, 0.6) is 0 Å². The zero-order valence-electron chi connectivity index (χ0n) is 12.7. The van der Waals surface area contributed by atoms with Gasteiger partial charge in [0.25, 0.3) is 0 Å². The van der Waals surface area contributed by atoms with E-state index >= 15 is 0 Å². The standard InChI is InChI=1S/C17H22FN3O/c18-16-7-6-12-14-9-19-10-21(14)13(17(12)20-16)8-15(22)11-4-2-1-3-5-11/h9-11,13,15,22H,1-8H2. The molecule has 1 aromatic rings. The molecule has 3 aliphatic rings. The van der Waals surface area contributed by atoms with Crippen molar-refractivity contribution in [3.63, 3.8) is 0 Å². The van der Waals surface area contributed by atoms with E-state index in [9.17, 15) is 9.50 Å². The molecule has 0 radical (unpaired) electrons. The van der Waals surface area contributed by atoms with Crippen LogP contribution in [0.4, 0.5) is 4.39 Å². The average Bonchev–Trinajstić information content (AvgIpc) is 3.11. The first-order valence-electron chi connectivity index (χ1n) is 8.40. The summed E-state index contributed by atoms with van der Waals surface area (Å²) in [6.07, 6.45) is 10.9. The van der Waals surface area contributed by atoms with E-state index in [1.54, 1.807) is 6.33 Å². The lowest BCUT2D eigenvalue weighted by molar-refractivity contribution is 0.0679. The summed E-state index contributed by atoms with van der Waals surface area (Å²) in [6.45, 7) is 0. The third kappa shape index (κ3) is 2.32. The van der Waals surface area contributed by atoms with Crippen LogP contribution in [0.3, 0.4) is 0 Å². The van der Waals surface area contributed by atoms with Crippen LogP contribution >= 0.6 is 0 Å². The zero-order chi connectivity index (χ0) is 15.1. The Morgan fingerprint density at radius 2 is 2.09 bits per heavy atom. The molecule has 4 nitrogen and oxygen atoms in total. The van der Waals surface area contributed by atoms with Gasteiger partial charge < -0.3 is 9.67 Å². The molecule has 0 saturated heterocycles. The van der Waals surface area contributed by atoms with Gasteiger partial charge in [0.15, 0.2) is 5.97 Å². The molecule has 1 N–H and O–H groups in total. The van der Waals surface area contributed by atoms with Gasteiger partial charge >= 0.3 is 0 Å². The molecule has 1 saturated carbocycles. The van der Waals surface area contributed by atoms with Gasteiger partial charge in [-0.15, -0.1) is 0 Å². The van der Waals surface area contributed by atoms with Gasteiger partial charge in [-0.3, -0.25) is 0 Å². The smallest absolute Gasteiger partial charge is 0.189 e. The van der Waals surface area contributed by atoms with Crippen LogP contribution in [0.1, 0.15) is 63.1 Å². The largest absolute Gasteiger partial charge is 0.393 e. The van der Waals surface area contributed by atoms with E-state index in [0.29, 0.717) is 25.2 Å². The van der Waals surface area contributed by atoms with Gasteiger partial charge in [0.1, 0.15) is 0 Å². The predicted octanol–water partition coefficient (Wildman–Crippen LogP) is 3.64. The average molecular weight is 303 g/mol. The number of hydrogen-bond donors (Lipinski definition) is 1. The second-order valence-electron chi connectivity index (χ2n) is 6.75. The van der Waals surface area contributed by atoms with Crippen LogP contribution < -0.4 is 0 Å². The van der Waals surface area contributed by atoms with Crippen molar-refractivity contribution in [2.75, 3.05) is 0 Å². The van der Waals surface area contributed by atoms with Crippen LogP contribution in [0.25, 0.3) is 5.57 Å². The fraction of sp³-hybridized carbons (Fsp3) is 0.647. The minimum Gasteiger partial charge on any atom is -0.393 e. The second kappa shape index (κ2) is 5.61. The molecule has 1 aliphatic carbocycles. The molecule has 22 heavy (non-hydrogen) atoms. The van der Waals surface area contributed by atoms with Crippen LogP contribution in [-0.2, 0) is 0 Å². The van der Waals surface area contributed by atoms with Crippen molar-refractivity contribution in [2.45, 2.75) is 63.5 Å². The summed E-state index contributed by atoms with van der Waals surface area (Å²) in [7, 11) is 0. The maximum atomic E-state index is 13.6. The highest BCUT2D eigenvalue weighted by molar-refractivity contribution is 5.85. The number of fused-ring (bicyclic) bond motifs is 2. The molecule has 0 aromatic carbocycles. The molecule has 0 amide bonds. The highest BCUT2D eigenvalue weighted by Crippen LogP contribution is 2.44. The summed E-state index contributed by atoms with van der Waals surface area (Å²) in [6, 6.07) is -0.0597. The van der Waals surface area contributed by atoms with Crippen molar-refractivity contribution in [3.05, 3.63) is 23.9 Å². The molecule has 2 unspecified atom stereocenters. The Kier molecular flexibility index (Phi) is 3.60. The summed E-state index contributed by atoms with van der Waals surface area (Å²) in [4.78, 5) is 8.41. The lowest BCUT2D eigenvalue weighted by Crippen LogP contribution is -2.26. The lowest BCUT2D eigenvalue weighted by atomic mass is 9.82. The van der Waals surface area contributed by atoms with Crippen LogP contribution in [-0.4, -0.2) is 26.7 Å². The Hall–Kier alpha value is -1.49. The Morgan fingerprint density at radius 3 is 2.91 bits per heavy atom. The van der Waals surface area contributed by atoms with E-state index in [4.69, 9.17) is 0 Å². The fourth-order valence-electron chi connectivity index (χ4n) is 4.23. The van der Waals surface area contributed by atoms with Crippen molar-refractivity contribution in [1.29, 1.82) is 0 Å². The van der Waals surface area contributed by atoms with E-state index in [2.05, 4.69) is 14.5 Å². The van der Waals surface area contributed by atoms with Crippen molar-refractivity contribution in [2.24, 2.45) is 10.9 Å². The van der Waals surface area contributed by atoms with Crippen molar-refractivity contribution in [1.82, 2.24) is 9.55 Å². The summed E-state index contributed by atoms with van der Waals surface area (Å²) in [5.41, 5.74) is 2.97. The van der Waals surface area contributed by atoms with Crippen LogP contribution in [0.2, 0.25) is 0 Å². The molecule has 5 heteroatoms. The van der Waals surface area contributed by atoms with E-state index in [1.807, 2.05) is 6.20 Å². The molecular formula is C17H22FN3O. The molecule has 118 valence electrons. The normalized spacial score (nSPS) is 26.6. The number of allylic oxidation sites excluding steroid dienone is 2. The molecule has 1 fully saturated rings. The molecule has 4 rings (SSSR count). The van der Waals surface area contributed by atoms with Crippen LogP contribution in [0, 0.1) is 5.92 Å². The molecule has 1 aromatic heterocycles. The first kappa shape index (κ1) is 14.1. The topological polar surface area (TPSA) is 50.4 Å². The van der Waals surface area contributed by atoms with Gasteiger partial charge in [-0.2, -0.15) is 4.39 Å². The Balaban J connectivity index is 1.59. The van der Waals surface area contributed by atoms with Crippen molar-refractivity contribution in [3.8, 4) is 0 Å². The van der Waals surface area contributed by atoms with Gasteiger partial charge in [-0.1, -0.05) is 19.3 Å². The van der Waals surface area contributed by atoms with E-state index < -0.39 is 0 Å². The molecule has 0 spiro atoms. The molecule has 3 heterocycles. The third-order valence-corrected chi connectivity index (χ3v) is 5.42. The fourth-order valence-corrected chi connectivity index (χ4v) is 4.23. The monoisotopic (exact) mass is 303 g/mol. The van der Waals surface area contributed by atoms with E-state index in [0.717, 1.165) is 29.8 Å². The number of aliphatic imine (C=N–C) groups is 1. The van der Waals surface area contributed by atoms with Gasteiger partial charge in [0.2, 0.25) is 0 Å². The summed E-state index contributed by atoms with van der Waals surface area (Å²) in [5, 5.41) is 10.7. The highest BCUT2D eigenvalue weighted by Gasteiger charge is 2.36. The number of imidazole rings is 1. The number of halogens is 1.